The number of para-hydroxylation sites is 1. The Balaban J connectivity index is 2.06. The van der Waals surface area contributed by atoms with Crippen LogP contribution < -0.4 is 15.0 Å². The maximum absolute atomic E-state index is 12.8. The Hall–Kier alpha value is -2.54. The van der Waals surface area contributed by atoms with Gasteiger partial charge in [0, 0.05) is 0 Å². The van der Waals surface area contributed by atoms with Crippen LogP contribution in [0.25, 0.3) is 6.08 Å². The molecule has 27 heavy (non-hydrogen) atoms. The summed E-state index contributed by atoms with van der Waals surface area (Å²) in [6.45, 7) is 0. The maximum Gasteiger partial charge on any atom is 0.335 e. The Bertz CT molecular complexity index is 981. The molecule has 3 rings (SSSR count). The highest BCUT2D eigenvalue weighted by atomic mass is 35.5. The lowest BCUT2D eigenvalue weighted by atomic mass is 10.1. The van der Waals surface area contributed by atoms with Gasteiger partial charge in [0.15, 0.2) is 5.75 Å². The summed E-state index contributed by atoms with van der Waals surface area (Å²) < 4.78 is 5.07. The fraction of sp³-hybridized carbons (Fsp3) is 0.0556. The van der Waals surface area contributed by atoms with Crippen molar-refractivity contribution in [2.24, 2.45) is 0 Å². The zero-order valence-corrected chi connectivity index (χ0v) is 16.0. The number of methoxy groups -OCH3 is 1. The molecule has 1 fully saturated rings. The molecule has 0 unspecified atom stereocenters. The molecule has 1 saturated heterocycles. The van der Waals surface area contributed by atoms with Crippen molar-refractivity contribution >= 4 is 64.4 Å². The standard InChI is InChI=1S/C18H11Cl3N2O4/c1-27-15-12(20)7-9(8-13(15)21)6-10-16(24)22-18(26)23(17(10)25)14-5-3-2-4-11(14)19/h2-8H,1H3,(H,22,24,26)/b10-6+. The lowest BCUT2D eigenvalue weighted by Gasteiger charge is -2.27. The van der Waals surface area contributed by atoms with Crippen LogP contribution in [-0.2, 0) is 9.59 Å². The van der Waals surface area contributed by atoms with E-state index in [2.05, 4.69) is 5.32 Å². The van der Waals surface area contributed by atoms with E-state index in [9.17, 15) is 14.4 Å². The topological polar surface area (TPSA) is 75.7 Å². The van der Waals surface area contributed by atoms with Gasteiger partial charge in [-0.1, -0.05) is 46.9 Å². The molecule has 0 atom stereocenters. The largest absolute Gasteiger partial charge is 0.494 e. The van der Waals surface area contributed by atoms with Crippen molar-refractivity contribution in [1.82, 2.24) is 5.32 Å². The first kappa shape index (κ1) is 19.2. The number of anilines is 1. The highest BCUT2D eigenvalue weighted by Gasteiger charge is 2.37. The fourth-order valence-corrected chi connectivity index (χ4v) is 3.41. The summed E-state index contributed by atoms with van der Waals surface area (Å²) in [5.41, 5.74) is 0.274. The molecule has 138 valence electrons. The van der Waals surface area contributed by atoms with Gasteiger partial charge in [0.2, 0.25) is 0 Å². The first-order chi connectivity index (χ1) is 12.8. The lowest BCUT2D eigenvalue weighted by Crippen LogP contribution is -2.54. The summed E-state index contributed by atoms with van der Waals surface area (Å²) >= 11 is 18.3. The second kappa shape index (κ2) is 7.60. The molecule has 2 aromatic rings. The summed E-state index contributed by atoms with van der Waals surface area (Å²) in [7, 11) is 1.41. The molecule has 1 heterocycles. The van der Waals surface area contributed by atoms with E-state index in [1.165, 1.54) is 37.5 Å². The molecule has 1 N–H and O–H groups in total. The van der Waals surface area contributed by atoms with Gasteiger partial charge in [0.05, 0.1) is 27.9 Å². The van der Waals surface area contributed by atoms with Crippen molar-refractivity contribution < 1.29 is 19.1 Å². The predicted octanol–water partition coefficient (Wildman–Crippen LogP) is 4.32. The van der Waals surface area contributed by atoms with E-state index < -0.39 is 17.8 Å². The van der Waals surface area contributed by atoms with Crippen molar-refractivity contribution in [2.45, 2.75) is 0 Å². The molecular weight excluding hydrogens is 415 g/mol. The third kappa shape index (κ3) is 3.64. The number of nitrogens with one attached hydrogen (secondary N) is 1. The molecular formula is C18H11Cl3N2O4. The normalized spacial score (nSPS) is 15.9. The highest BCUT2D eigenvalue weighted by molar-refractivity contribution is 6.42. The van der Waals surface area contributed by atoms with Gasteiger partial charge >= 0.3 is 6.03 Å². The van der Waals surface area contributed by atoms with Crippen molar-refractivity contribution in [3.05, 3.63) is 62.6 Å². The number of amides is 4. The molecule has 0 aliphatic carbocycles. The number of halogens is 3. The number of barbiturate groups is 1. The van der Waals surface area contributed by atoms with Gasteiger partial charge < -0.3 is 4.74 Å². The van der Waals surface area contributed by atoms with Gasteiger partial charge in [-0.15, -0.1) is 0 Å². The second-order valence-corrected chi connectivity index (χ2v) is 6.65. The van der Waals surface area contributed by atoms with Crippen LogP contribution in [0, 0.1) is 0 Å². The summed E-state index contributed by atoms with van der Waals surface area (Å²) in [6.07, 6.45) is 1.28. The summed E-state index contributed by atoms with van der Waals surface area (Å²) in [4.78, 5) is 38.0. The Labute approximate surface area is 169 Å². The molecule has 2 aromatic carbocycles. The maximum atomic E-state index is 12.8. The first-order valence-electron chi connectivity index (χ1n) is 7.52. The monoisotopic (exact) mass is 424 g/mol. The highest BCUT2D eigenvalue weighted by Crippen LogP contribution is 2.35. The SMILES string of the molecule is COc1c(Cl)cc(/C=C2\C(=O)NC(=O)N(c3ccccc3Cl)C2=O)cc1Cl. The predicted molar refractivity (Wildman–Crippen MR) is 103 cm³/mol. The van der Waals surface area contributed by atoms with Crippen LogP contribution in [0.2, 0.25) is 15.1 Å². The van der Waals surface area contributed by atoms with E-state index >= 15 is 0 Å². The zero-order valence-electron chi connectivity index (χ0n) is 13.8. The van der Waals surface area contributed by atoms with Gasteiger partial charge in [-0.3, -0.25) is 14.9 Å². The number of carbonyl (C=O) groups is 3. The number of rotatable bonds is 3. The molecule has 4 amide bonds. The third-order valence-electron chi connectivity index (χ3n) is 3.73. The minimum absolute atomic E-state index is 0.158. The van der Waals surface area contributed by atoms with Crippen molar-refractivity contribution in [1.29, 1.82) is 0 Å². The molecule has 1 aliphatic rings. The minimum Gasteiger partial charge on any atom is -0.494 e. The van der Waals surface area contributed by atoms with Crippen LogP contribution in [0.15, 0.2) is 42.0 Å². The smallest absolute Gasteiger partial charge is 0.335 e. The summed E-state index contributed by atoms with van der Waals surface area (Å²) in [5, 5.41) is 2.72. The molecule has 0 saturated carbocycles. The summed E-state index contributed by atoms with van der Waals surface area (Å²) in [6, 6.07) is 8.37. The average molecular weight is 426 g/mol. The number of hydrogen-bond acceptors (Lipinski definition) is 4. The zero-order chi connectivity index (χ0) is 19.7. The van der Waals surface area contributed by atoms with Gasteiger partial charge in [-0.2, -0.15) is 0 Å². The van der Waals surface area contributed by atoms with Gasteiger partial charge in [0.1, 0.15) is 5.57 Å². The number of hydrogen-bond donors (Lipinski definition) is 1. The molecule has 0 bridgehead atoms. The van der Waals surface area contributed by atoms with Crippen LogP contribution in [0.4, 0.5) is 10.5 Å². The Kier molecular flexibility index (Phi) is 5.41. The van der Waals surface area contributed by atoms with Crippen molar-refractivity contribution in [3.63, 3.8) is 0 Å². The summed E-state index contributed by atoms with van der Waals surface area (Å²) in [5.74, 6) is -1.39. The Morgan fingerprint density at radius 2 is 1.63 bits per heavy atom. The molecule has 6 nitrogen and oxygen atoms in total. The minimum atomic E-state index is -0.888. The fourth-order valence-electron chi connectivity index (χ4n) is 2.53. The van der Waals surface area contributed by atoms with Crippen LogP contribution >= 0.6 is 34.8 Å². The van der Waals surface area contributed by atoms with E-state index in [4.69, 9.17) is 39.5 Å². The van der Waals surface area contributed by atoms with Crippen molar-refractivity contribution in [2.75, 3.05) is 12.0 Å². The second-order valence-electron chi connectivity index (χ2n) is 5.43. The number of benzene rings is 2. The van der Waals surface area contributed by atoms with Crippen LogP contribution in [-0.4, -0.2) is 25.0 Å². The van der Waals surface area contributed by atoms with Crippen LogP contribution in [0.5, 0.6) is 5.75 Å². The third-order valence-corrected chi connectivity index (χ3v) is 4.61. The molecule has 0 radical (unpaired) electrons. The van der Waals surface area contributed by atoms with Crippen LogP contribution in [0.1, 0.15) is 5.56 Å². The number of carbonyl (C=O) groups excluding carboxylic acids is 3. The van der Waals surface area contributed by atoms with Gasteiger partial charge in [0.25, 0.3) is 11.8 Å². The number of nitrogens with zero attached hydrogens (tertiary/aromatic N) is 1. The van der Waals surface area contributed by atoms with Gasteiger partial charge in [-0.25, -0.2) is 9.69 Å². The number of urea groups is 1. The van der Waals surface area contributed by atoms with Gasteiger partial charge in [-0.05, 0) is 35.9 Å². The lowest BCUT2D eigenvalue weighted by molar-refractivity contribution is -0.122. The van der Waals surface area contributed by atoms with Crippen LogP contribution in [0.3, 0.4) is 0 Å². The molecule has 0 spiro atoms. The molecule has 1 aliphatic heterocycles. The van der Waals surface area contributed by atoms with E-state index in [1.807, 2.05) is 0 Å². The Morgan fingerprint density at radius 3 is 2.22 bits per heavy atom. The number of imide groups is 2. The van der Waals surface area contributed by atoms with E-state index in [0.29, 0.717) is 5.56 Å². The van der Waals surface area contributed by atoms with E-state index in [-0.39, 0.29) is 32.1 Å². The first-order valence-corrected chi connectivity index (χ1v) is 8.66. The van der Waals surface area contributed by atoms with E-state index in [1.54, 1.807) is 12.1 Å². The average Bonchev–Trinajstić information content (AvgIpc) is 2.60. The molecule has 0 aromatic heterocycles. The van der Waals surface area contributed by atoms with E-state index in [0.717, 1.165) is 4.90 Å². The quantitative estimate of drug-likeness (QED) is 0.587. The molecule has 9 heteroatoms. The van der Waals surface area contributed by atoms with Crippen molar-refractivity contribution in [3.8, 4) is 5.75 Å². The number of ether oxygens (including phenoxy) is 1. The Morgan fingerprint density at radius 1 is 1.00 bits per heavy atom.